The molecule has 22 heavy (non-hydrogen) atoms. The lowest BCUT2D eigenvalue weighted by Crippen LogP contribution is -2.56. The zero-order chi connectivity index (χ0) is 18.0. The van der Waals surface area contributed by atoms with Crippen molar-refractivity contribution in [2.45, 2.75) is 70.5 Å². The number of hydrogen-bond donors (Lipinski definition) is 1. The Kier molecular flexibility index (Phi) is 6.57. The highest BCUT2D eigenvalue weighted by atomic mass is 31.2. The Morgan fingerprint density at radius 3 is 1.59 bits per heavy atom. The van der Waals surface area contributed by atoms with Crippen LogP contribution in [-0.2, 0) is 13.6 Å². The van der Waals surface area contributed by atoms with Crippen molar-refractivity contribution in [2.75, 3.05) is 0 Å². The van der Waals surface area contributed by atoms with E-state index >= 15 is 0 Å². The Labute approximate surface area is 124 Å². The molecule has 0 aromatic rings. The highest BCUT2D eigenvalue weighted by Gasteiger charge is 2.74. The molecule has 134 valence electrons. The molecule has 0 aromatic heterocycles. The zero-order valence-corrected chi connectivity index (χ0v) is 13.4. The van der Waals surface area contributed by atoms with Crippen molar-refractivity contribution in [3.8, 4) is 0 Å². The predicted octanol–water partition coefficient (Wildman–Crippen LogP) is 4.97. The molecule has 4 nitrogen and oxygen atoms in total. The molecular formula is C11H19F6O4P. The molecule has 1 N–H and O–H groups in total. The summed E-state index contributed by atoms with van der Waals surface area (Å²) in [5.74, 6) is -10.7. The molecule has 0 saturated heterocycles. The minimum Gasteiger partial charge on any atom is -0.302 e. The summed E-state index contributed by atoms with van der Waals surface area (Å²) in [6.45, 7) is 4.80. The van der Waals surface area contributed by atoms with Crippen molar-refractivity contribution in [1.82, 2.24) is 0 Å². The van der Waals surface area contributed by atoms with E-state index in [1.165, 1.54) is 20.8 Å². The summed E-state index contributed by atoms with van der Waals surface area (Å²) in [5.41, 5.74) is -1.43. The van der Waals surface area contributed by atoms with Gasteiger partial charge >= 0.3 is 25.8 Å². The van der Waals surface area contributed by atoms with Gasteiger partial charge in [0.05, 0.1) is 5.60 Å². The van der Waals surface area contributed by atoms with E-state index < -0.39 is 37.8 Å². The molecule has 11 heteroatoms. The average Bonchev–Trinajstić information content (AvgIpc) is 2.35. The van der Waals surface area contributed by atoms with Gasteiger partial charge < -0.3 is 4.89 Å². The maximum atomic E-state index is 13.8. The molecule has 0 fully saturated rings. The largest absolute Gasteiger partial charge is 0.475 e. The molecular weight excluding hydrogens is 341 g/mol. The van der Waals surface area contributed by atoms with Gasteiger partial charge in [-0.3, -0.25) is 4.52 Å². The predicted molar refractivity (Wildman–Crippen MR) is 66.1 cm³/mol. The number of halogens is 6. The van der Waals surface area contributed by atoms with Crippen LogP contribution in [-0.4, -0.2) is 28.4 Å². The first kappa shape index (κ1) is 21.7. The van der Waals surface area contributed by atoms with Gasteiger partial charge in [-0.15, -0.1) is 0 Å². The van der Waals surface area contributed by atoms with Crippen molar-refractivity contribution in [1.29, 1.82) is 0 Å². The van der Waals surface area contributed by atoms with Crippen LogP contribution < -0.4 is 0 Å². The highest BCUT2D eigenvalue weighted by molar-refractivity contribution is 7.47. The fraction of sp³-hybridized carbons (Fsp3) is 1.00. The second-order valence-corrected chi connectivity index (χ2v) is 6.26. The molecule has 0 aliphatic carbocycles. The van der Waals surface area contributed by atoms with Crippen molar-refractivity contribution in [3.63, 3.8) is 0 Å². The molecule has 0 heterocycles. The van der Waals surface area contributed by atoms with E-state index in [9.17, 15) is 35.8 Å². The summed E-state index contributed by atoms with van der Waals surface area (Å²) in [6, 6.07) is 0. The lowest BCUT2D eigenvalue weighted by Gasteiger charge is -2.36. The summed E-state index contributed by atoms with van der Waals surface area (Å²) < 4.78 is 97.8. The quantitative estimate of drug-likeness (QED) is 0.490. The van der Waals surface area contributed by atoms with Crippen LogP contribution >= 0.6 is 7.82 Å². The van der Waals surface area contributed by atoms with Crippen molar-refractivity contribution in [3.05, 3.63) is 0 Å². The van der Waals surface area contributed by atoms with Crippen molar-refractivity contribution in [2.24, 2.45) is 0 Å². The topological polar surface area (TPSA) is 55.8 Å². The zero-order valence-electron chi connectivity index (χ0n) is 12.5. The number of rotatable bonds is 8. The standard InChI is InChI=1S/C11H19F6O4P/c1-5-8(4,6-2)20-22(18,19)21-10(14,11(15,16)17)9(12,13)7-3/h5-7H2,1-4H3,(H,18,19). The lowest BCUT2D eigenvalue weighted by atomic mass is 10.0. The maximum Gasteiger partial charge on any atom is 0.475 e. The summed E-state index contributed by atoms with van der Waals surface area (Å²) in [6.07, 6.45) is -7.70. The third-order valence-electron chi connectivity index (χ3n) is 3.35. The number of phosphoric acid groups is 1. The lowest BCUT2D eigenvalue weighted by molar-refractivity contribution is -0.378. The van der Waals surface area contributed by atoms with Crippen molar-refractivity contribution >= 4 is 7.82 Å². The molecule has 0 spiro atoms. The minimum atomic E-state index is -6.23. The first-order chi connectivity index (χ1) is 9.60. The van der Waals surface area contributed by atoms with Gasteiger partial charge in [0.25, 0.3) is 0 Å². The van der Waals surface area contributed by atoms with Gasteiger partial charge in [-0.25, -0.2) is 9.09 Å². The first-order valence-electron chi connectivity index (χ1n) is 6.47. The van der Waals surface area contributed by atoms with Gasteiger partial charge in [0.2, 0.25) is 0 Å². The Morgan fingerprint density at radius 1 is 0.909 bits per heavy atom. The van der Waals surface area contributed by atoms with E-state index in [1.807, 2.05) is 0 Å². The molecule has 0 amide bonds. The summed E-state index contributed by atoms with van der Waals surface area (Å²) in [7, 11) is -5.75. The molecule has 0 bridgehead atoms. The van der Waals surface area contributed by atoms with Crippen LogP contribution in [0.15, 0.2) is 0 Å². The first-order valence-corrected chi connectivity index (χ1v) is 7.97. The fourth-order valence-corrected chi connectivity index (χ4v) is 2.80. The Balaban J connectivity index is 5.65. The van der Waals surface area contributed by atoms with Crippen LogP contribution in [0, 0.1) is 0 Å². The van der Waals surface area contributed by atoms with E-state index in [1.54, 1.807) is 0 Å². The molecule has 2 unspecified atom stereocenters. The monoisotopic (exact) mass is 360 g/mol. The van der Waals surface area contributed by atoms with Gasteiger partial charge in [0.15, 0.2) is 0 Å². The number of phosphoric ester groups is 1. The average molecular weight is 360 g/mol. The summed E-state index contributed by atoms with van der Waals surface area (Å²) in [4.78, 5) is 9.31. The second-order valence-electron chi connectivity index (χ2n) is 4.96. The van der Waals surface area contributed by atoms with E-state index in [0.29, 0.717) is 6.92 Å². The van der Waals surface area contributed by atoms with Crippen LogP contribution in [0.5, 0.6) is 0 Å². The third-order valence-corrected chi connectivity index (χ3v) is 4.51. The smallest absolute Gasteiger partial charge is 0.302 e. The normalized spacial score (nSPS) is 19.6. The second kappa shape index (κ2) is 6.67. The van der Waals surface area contributed by atoms with Gasteiger partial charge in [-0.1, -0.05) is 20.8 Å². The van der Waals surface area contributed by atoms with Gasteiger partial charge in [-0.2, -0.15) is 26.3 Å². The Bertz CT molecular complexity index is 423. The fourth-order valence-electron chi connectivity index (χ4n) is 1.39. The van der Waals surface area contributed by atoms with Gasteiger partial charge in [0, 0.05) is 6.42 Å². The van der Waals surface area contributed by atoms with Crippen LogP contribution in [0.1, 0.15) is 47.0 Å². The van der Waals surface area contributed by atoms with Crippen LogP contribution in [0.3, 0.4) is 0 Å². The summed E-state index contributed by atoms with van der Waals surface area (Å²) >= 11 is 0. The Morgan fingerprint density at radius 2 is 1.32 bits per heavy atom. The van der Waals surface area contributed by atoms with Crippen LogP contribution in [0.25, 0.3) is 0 Å². The maximum absolute atomic E-state index is 13.8. The molecule has 0 aliphatic rings. The molecule has 0 rings (SSSR count). The summed E-state index contributed by atoms with van der Waals surface area (Å²) in [5, 5.41) is 0. The van der Waals surface area contributed by atoms with Crippen LogP contribution in [0.2, 0.25) is 0 Å². The van der Waals surface area contributed by atoms with Gasteiger partial charge in [-0.05, 0) is 19.8 Å². The highest BCUT2D eigenvalue weighted by Crippen LogP contribution is 2.59. The molecule has 0 radical (unpaired) electrons. The number of alkyl halides is 6. The van der Waals surface area contributed by atoms with Gasteiger partial charge in [0.1, 0.15) is 0 Å². The SMILES string of the molecule is CCC(C)(CC)OP(=O)(O)OC(F)(C(F)(F)F)C(F)(F)CC. The molecule has 2 atom stereocenters. The number of hydrogen-bond acceptors (Lipinski definition) is 3. The minimum absolute atomic E-state index is 0.0624. The van der Waals surface area contributed by atoms with Crippen molar-refractivity contribution < 1.29 is 44.8 Å². The van der Waals surface area contributed by atoms with E-state index in [4.69, 9.17) is 0 Å². The molecule has 0 aliphatic heterocycles. The van der Waals surface area contributed by atoms with E-state index in [-0.39, 0.29) is 12.8 Å². The van der Waals surface area contributed by atoms with Crippen LogP contribution in [0.4, 0.5) is 26.3 Å². The van der Waals surface area contributed by atoms with E-state index in [0.717, 1.165) is 0 Å². The Hall–Kier alpha value is -0.310. The third kappa shape index (κ3) is 4.59. The molecule has 0 aromatic carbocycles. The molecule has 0 saturated carbocycles. The van der Waals surface area contributed by atoms with E-state index in [2.05, 4.69) is 9.05 Å².